The molecule has 0 saturated carbocycles. The van der Waals surface area contributed by atoms with Crippen molar-refractivity contribution in [2.45, 2.75) is 17.9 Å². The minimum absolute atomic E-state index is 0.0599. The number of carbonyl (C=O) groups is 1. The molecular formula is C21H21FN2O4S. The molecule has 1 aromatic heterocycles. The standard InChI is InChI=1S/C21H21FN2O4S/c22-18-10-8-17(9-11-18)12-13-23-21(25)16-24(15-19-5-4-14-28-19)29(26,27)20-6-2-1-3-7-20/h1-11,14H,12-13,15-16H2,(H,23,25). The topological polar surface area (TPSA) is 79.6 Å². The zero-order chi connectivity index (χ0) is 20.7. The van der Waals surface area contributed by atoms with Gasteiger partial charge in [-0.05, 0) is 48.4 Å². The van der Waals surface area contributed by atoms with E-state index in [2.05, 4.69) is 5.32 Å². The number of nitrogens with one attached hydrogen (secondary N) is 1. The number of hydrogen-bond donors (Lipinski definition) is 1. The molecule has 0 atom stereocenters. The van der Waals surface area contributed by atoms with Gasteiger partial charge in [0.1, 0.15) is 11.6 Å². The van der Waals surface area contributed by atoms with Crippen LogP contribution in [0.25, 0.3) is 0 Å². The quantitative estimate of drug-likeness (QED) is 0.582. The molecule has 0 spiro atoms. The third-order valence-electron chi connectivity index (χ3n) is 4.26. The van der Waals surface area contributed by atoms with E-state index in [-0.39, 0.29) is 23.8 Å². The minimum Gasteiger partial charge on any atom is -0.468 e. The number of amides is 1. The van der Waals surface area contributed by atoms with E-state index in [0.29, 0.717) is 18.7 Å². The number of sulfonamides is 1. The Bertz CT molecular complexity index is 1020. The van der Waals surface area contributed by atoms with Crippen molar-refractivity contribution in [2.75, 3.05) is 13.1 Å². The van der Waals surface area contributed by atoms with Crippen LogP contribution < -0.4 is 5.32 Å². The summed E-state index contributed by atoms with van der Waals surface area (Å²) in [4.78, 5) is 12.5. The van der Waals surface area contributed by atoms with Crippen LogP contribution in [0.2, 0.25) is 0 Å². The van der Waals surface area contributed by atoms with Crippen LogP contribution in [0.3, 0.4) is 0 Å². The van der Waals surface area contributed by atoms with Crippen molar-refractivity contribution in [3.63, 3.8) is 0 Å². The Morgan fingerprint density at radius 1 is 1.00 bits per heavy atom. The number of furan rings is 1. The molecule has 0 aliphatic heterocycles. The highest BCUT2D eigenvalue weighted by molar-refractivity contribution is 7.89. The molecule has 0 aliphatic carbocycles. The Morgan fingerprint density at radius 2 is 1.72 bits per heavy atom. The van der Waals surface area contributed by atoms with Gasteiger partial charge < -0.3 is 9.73 Å². The highest BCUT2D eigenvalue weighted by Crippen LogP contribution is 2.18. The van der Waals surface area contributed by atoms with E-state index in [1.165, 1.54) is 30.5 Å². The summed E-state index contributed by atoms with van der Waals surface area (Å²) in [7, 11) is -3.88. The lowest BCUT2D eigenvalue weighted by atomic mass is 10.1. The monoisotopic (exact) mass is 416 g/mol. The van der Waals surface area contributed by atoms with Gasteiger partial charge in [0.15, 0.2) is 0 Å². The van der Waals surface area contributed by atoms with Crippen LogP contribution in [0.5, 0.6) is 0 Å². The van der Waals surface area contributed by atoms with Gasteiger partial charge >= 0.3 is 0 Å². The summed E-state index contributed by atoms with van der Waals surface area (Å²) < 4.78 is 45.3. The van der Waals surface area contributed by atoms with E-state index in [0.717, 1.165) is 9.87 Å². The molecule has 6 nitrogen and oxygen atoms in total. The maximum atomic E-state index is 13.0. The molecule has 0 fully saturated rings. The molecule has 29 heavy (non-hydrogen) atoms. The molecule has 2 aromatic carbocycles. The second kappa shape index (κ2) is 9.49. The Balaban J connectivity index is 1.66. The molecule has 0 unspecified atom stereocenters. The van der Waals surface area contributed by atoms with Crippen LogP contribution >= 0.6 is 0 Å². The lowest BCUT2D eigenvalue weighted by Gasteiger charge is -2.21. The van der Waals surface area contributed by atoms with Crippen LogP contribution in [0.15, 0.2) is 82.3 Å². The predicted molar refractivity (Wildman–Crippen MR) is 106 cm³/mol. The average molecular weight is 416 g/mol. The first-order valence-electron chi connectivity index (χ1n) is 9.04. The first-order valence-corrected chi connectivity index (χ1v) is 10.5. The van der Waals surface area contributed by atoms with Crippen molar-refractivity contribution in [3.05, 3.63) is 90.1 Å². The molecule has 0 aliphatic rings. The van der Waals surface area contributed by atoms with Crippen molar-refractivity contribution in [3.8, 4) is 0 Å². The number of nitrogens with zero attached hydrogens (tertiary/aromatic N) is 1. The summed E-state index contributed by atoms with van der Waals surface area (Å²) in [5, 5.41) is 2.71. The van der Waals surface area contributed by atoms with E-state index in [1.54, 1.807) is 42.5 Å². The van der Waals surface area contributed by atoms with Gasteiger partial charge in [0.05, 0.1) is 24.2 Å². The van der Waals surface area contributed by atoms with Crippen LogP contribution in [0.4, 0.5) is 4.39 Å². The minimum atomic E-state index is -3.88. The Labute approximate surface area is 169 Å². The second-order valence-electron chi connectivity index (χ2n) is 6.39. The predicted octanol–water partition coefficient (Wildman–Crippen LogP) is 2.97. The summed E-state index contributed by atoms with van der Waals surface area (Å²) in [5.74, 6) is -0.320. The van der Waals surface area contributed by atoms with E-state index < -0.39 is 15.9 Å². The molecule has 1 heterocycles. The van der Waals surface area contributed by atoms with Gasteiger partial charge in [-0.1, -0.05) is 30.3 Å². The van der Waals surface area contributed by atoms with E-state index >= 15 is 0 Å². The first-order chi connectivity index (χ1) is 13.9. The highest BCUT2D eigenvalue weighted by Gasteiger charge is 2.27. The molecular weight excluding hydrogens is 395 g/mol. The van der Waals surface area contributed by atoms with Gasteiger partial charge in [-0.2, -0.15) is 4.31 Å². The summed E-state index contributed by atoms with van der Waals surface area (Å²) in [6, 6.07) is 17.2. The van der Waals surface area contributed by atoms with Crippen molar-refractivity contribution in [1.82, 2.24) is 9.62 Å². The van der Waals surface area contributed by atoms with Crippen molar-refractivity contribution in [1.29, 1.82) is 0 Å². The molecule has 0 bridgehead atoms. The second-order valence-corrected chi connectivity index (χ2v) is 8.33. The lowest BCUT2D eigenvalue weighted by molar-refractivity contribution is -0.121. The van der Waals surface area contributed by atoms with Crippen LogP contribution in [-0.4, -0.2) is 31.7 Å². The average Bonchev–Trinajstić information content (AvgIpc) is 3.23. The lowest BCUT2D eigenvalue weighted by Crippen LogP contribution is -2.40. The number of carbonyl (C=O) groups excluding carboxylic acids is 1. The van der Waals surface area contributed by atoms with Crippen LogP contribution in [-0.2, 0) is 27.8 Å². The Hall–Kier alpha value is -2.97. The molecule has 1 N–H and O–H groups in total. The summed E-state index contributed by atoms with van der Waals surface area (Å²) >= 11 is 0. The summed E-state index contributed by atoms with van der Waals surface area (Å²) in [5.41, 5.74) is 0.871. The fourth-order valence-electron chi connectivity index (χ4n) is 2.76. The smallest absolute Gasteiger partial charge is 0.243 e. The molecule has 0 saturated heterocycles. The van der Waals surface area contributed by atoms with Crippen LogP contribution in [0.1, 0.15) is 11.3 Å². The number of rotatable bonds is 9. The van der Waals surface area contributed by atoms with Gasteiger partial charge in [-0.15, -0.1) is 0 Å². The van der Waals surface area contributed by atoms with Gasteiger partial charge in [0.25, 0.3) is 0 Å². The third-order valence-corrected chi connectivity index (χ3v) is 6.07. The van der Waals surface area contributed by atoms with Gasteiger partial charge in [-0.25, -0.2) is 12.8 Å². The highest BCUT2D eigenvalue weighted by atomic mass is 32.2. The summed E-state index contributed by atoms with van der Waals surface area (Å²) in [6.45, 7) is -0.0958. The van der Waals surface area contributed by atoms with E-state index in [4.69, 9.17) is 4.42 Å². The van der Waals surface area contributed by atoms with Gasteiger partial charge in [0.2, 0.25) is 15.9 Å². The normalized spacial score (nSPS) is 11.5. The number of halogens is 1. The Kier molecular flexibility index (Phi) is 6.79. The van der Waals surface area contributed by atoms with Crippen LogP contribution in [0, 0.1) is 5.82 Å². The van der Waals surface area contributed by atoms with Crippen molar-refractivity contribution in [2.24, 2.45) is 0 Å². The largest absolute Gasteiger partial charge is 0.468 e. The maximum absolute atomic E-state index is 13.0. The SMILES string of the molecule is O=C(CN(Cc1ccco1)S(=O)(=O)c1ccccc1)NCCc1ccc(F)cc1. The fourth-order valence-corrected chi connectivity index (χ4v) is 4.14. The molecule has 152 valence electrons. The zero-order valence-corrected chi connectivity index (χ0v) is 16.4. The summed E-state index contributed by atoms with van der Waals surface area (Å²) in [6.07, 6.45) is 1.96. The molecule has 3 rings (SSSR count). The van der Waals surface area contributed by atoms with E-state index in [1.807, 2.05) is 0 Å². The molecule has 0 radical (unpaired) electrons. The van der Waals surface area contributed by atoms with Crippen molar-refractivity contribution < 1.29 is 22.0 Å². The molecule has 8 heteroatoms. The zero-order valence-electron chi connectivity index (χ0n) is 15.6. The van der Waals surface area contributed by atoms with Gasteiger partial charge in [-0.3, -0.25) is 4.79 Å². The molecule has 1 amide bonds. The first kappa shape index (κ1) is 20.8. The van der Waals surface area contributed by atoms with Gasteiger partial charge in [0, 0.05) is 6.54 Å². The third kappa shape index (κ3) is 5.75. The Morgan fingerprint density at radius 3 is 2.38 bits per heavy atom. The van der Waals surface area contributed by atoms with E-state index in [9.17, 15) is 17.6 Å². The number of hydrogen-bond acceptors (Lipinski definition) is 4. The fraction of sp³-hybridized carbons (Fsp3) is 0.190. The maximum Gasteiger partial charge on any atom is 0.243 e. The number of benzene rings is 2. The van der Waals surface area contributed by atoms with Crippen molar-refractivity contribution >= 4 is 15.9 Å². The molecule has 3 aromatic rings.